The Balaban J connectivity index is 2.67. The number of hydrogen-bond donors (Lipinski definition) is 2. The van der Waals surface area contributed by atoms with Gasteiger partial charge in [0.15, 0.2) is 6.61 Å². The average Bonchev–Trinajstić information content (AvgIpc) is 2.34. The molecule has 0 saturated heterocycles. The number of benzene rings is 1. The predicted molar refractivity (Wildman–Crippen MR) is 69.2 cm³/mol. The molecule has 4 nitrogen and oxygen atoms in total. The zero-order valence-electron chi connectivity index (χ0n) is 10.6. The Labute approximate surface area is 107 Å². The highest BCUT2D eigenvalue weighted by Gasteiger charge is 2.10. The van der Waals surface area contributed by atoms with Crippen LogP contribution in [-0.4, -0.2) is 24.2 Å². The van der Waals surface area contributed by atoms with Crippen LogP contribution in [0.1, 0.15) is 24.2 Å². The van der Waals surface area contributed by atoms with Crippen molar-refractivity contribution in [2.75, 3.05) is 13.2 Å². The standard InChI is InChI=1S/C14H17NO3/c1-4-7-15-14(17)9-18-13-6-5-10(2)8-12(13)11(3)16/h1,5-6,8,11,16H,7,9H2,2-3H3,(H,15,17)/t11-/m1/s1. The van der Waals surface area contributed by atoms with Gasteiger partial charge in [-0.2, -0.15) is 0 Å². The van der Waals surface area contributed by atoms with Gasteiger partial charge in [0.2, 0.25) is 0 Å². The van der Waals surface area contributed by atoms with Crippen LogP contribution in [0.2, 0.25) is 0 Å². The average molecular weight is 247 g/mol. The maximum atomic E-state index is 11.3. The summed E-state index contributed by atoms with van der Waals surface area (Å²) in [6.45, 7) is 3.64. The van der Waals surface area contributed by atoms with Gasteiger partial charge in [-0.25, -0.2) is 0 Å². The molecular weight excluding hydrogens is 230 g/mol. The van der Waals surface area contributed by atoms with Gasteiger partial charge in [-0.15, -0.1) is 6.42 Å². The molecule has 4 heteroatoms. The molecule has 0 aliphatic heterocycles. The number of carbonyl (C=O) groups excluding carboxylic acids is 1. The smallest absolute Gasteiger partial charge is 0.258 e. The van der Waals surface area contributed by atoms with Crippen molar-refractivity contribution in [2.24, 2.45) is 0 Å². The number of aliphatic hydroxyl groups excluding tert-OH is 1. The van der Waals surface area contributed by atoms with E-state index in [0.717, 1.165) is 5.56 Å². The van der Waals surface area contributed by atoms with Crippen LogP contribution in [-0.2, 0) is 4.79 Å². The quantitative estimate of drug-likeness (QED) is 0.768. The SMILES string of the molecule is C#CCNC(=O)COc1ccc(C)cc1[C@@H](C)O. The Morgan fingerprint density at radius 1 is 1.61 bits per heavy atom. The van der Waals surface area contributed by atoms with Gasteiger partial charge < -0.3 is 15.2 Å². The molecule has 1 amide bonds. The van der Waals surface area contributed by atoms with Crippen molar-refractivity contribution >= 4 is 5.91 Å². The summed E-state index contributed by atoms with van der Waals surface area (Å²) < 4.78 is 5.37. The number of terminal acetylenes is 1. The van der Waals surface area contributed by atoms with E-state index in [2.05, 4.69) is 11.2 Å². The molecule has 2 N–H and O–H groups in total. The second kappa shape index (κ2) is 6.67. The van der Waals surface area contributed by atoms with Crippen molar-refractivity contribution in [3.63, 3.8) is 0 Å². The molecule has 0 aromatic heterocycles. The van der Waals surface area contributed by atoms with Crippen LogP contribution in [0.25, 0.3) is 0 Å². The van der Waals surface area contributed by atoms with E-state index in [4.69, 9.17) is 11.2 Å². The minimum absolute atomic E-state index is 0.121. The summed E-state index contributed by atoms with van der Waals surface area (Å²) in [7, 11) is 0. The lowest BCUT2D eigenvalue weighted by Crippen LogP contribution is -2.29. The van der Waals surface area contributed by atoms with Crippen molar-refractivity contribution in [1.29, 1.82) is 0 Å². The van der Waals surface area contributed by atoms with Crippen LogP contribution in [0.3, 0.4) is 0 Å². The molecule has 0 aliphatic rings. The van der Waals surface area contributed by atoms with Crippen molar-refractivity contribution < 1.29 is 14.6 Å². The van der Waals surface area contributed by atoms with E-state index in [0.29, 0.717) is 11.3 Å². The minimum atomic E-state index is -0.645. The minimum Gasteiger partial charge on any atom is -0.483 e. The van der Waals surface area contributed by atoms with E-state index < -0.39 is 6.10 Å². The third-order valence-corrected chi connectivity index (χ3v) is 2.36. The van der Waals surface area contributed by atoms with Gasteiger partial charge in [0.25, 0.3) is 5.91 Å². The Morgan fingerprint density at radius 3 is 2.94 bits per heavy atom. The summed E-state index contributed by atoms with van der Waals surface area (Å²) in [5.74, 6) is 2.53. The molecule has 1 rings (SSSR count). The normalized spacial score (nSPS) is 11.4. The fourth-order valence-electron chi connectivity index (χ4n) is 1.47. The Bertz CT molecular complexity index is 461. The number of nitrogens with one attached hydrogen (secondary N) is 1. The van der Waals surface area contributed by atoms with Gasteiger partial charge in [-0.1, -0.05) is 17.6 Å². The molecule has 0 bridgehead atoms. The highest BCUT2D eigenvalue weighted by molar-refractivity contribution is 5.77. The number of amides is 1. The molecule has 0 fully saturated rings. The van der Waals surface area contributed by atoms with Crippen molar-refractivity contribution in [2.45, 2.75) is 20.0 Å². The van der Waals surface area contributed by atoms with Gasteiger partial charge in [-0.05, 0) is 26.0 Å². The summed E-state index contributed by atoms with van der Waals surface area (Å²) in [5.41, 5.74) is 1.69. The van der Waals surface area contributed by atoms with Crippen molar-refractivity contribution in [3.8, 4) is 18.1 Å². The maximum absolute atomic E-state index is 11.3. The van der Waals surface area contributed by atoms with Crippen LogP contribution in [0.5, 0.6) is 5.75 Å². The van der Waals surface area contributed by atoms with Gasteiger partial charge in [0, 0.05) is 5.56 Å². The monoisotopic (exact) mass is 247 g/mol. The molecule has 96 valence electrons. The highest BCUT2D eigenvalue weighted by Crippen LogP contribution is 2.26. The number of carbonyl (C=O) groups is 1. The number of aryl methyl sites for hydroxylation is 1. The van der Waals surface area contributed by atoms with E-state index in [1.54, 1.807) is 13.0 Å². The number of hydrogen-bond acceptors (Lipinski definition) is 3. The summed E-state index contributed by atoms with van der Waals surface area (Å²) in [5, 5.41) is 12.1. The van der Waals surface area contributed by atoms with Crippen LogP contribution >= 0.6 is 0 Å². The summed E-state index contributed by atoms with van der Waals surface area (Å²) in [6.07, 6.45) is 4.38. The molecular formula is C14H17NO3. The Kier molecular flexibility index (Phi) is 5.22. The Hall–Kier alpha value is -1.99. The molecule has 0 spiro atoms. The summed E-state index contributed by atoms with van der Waals surface area (Å²) in [6, 6.07) is 5.44. The molecule has 1 atom stereocenters. The predicted octanol–water partition coefficient (Wildman–Crippen LogP) is 1.18. The summed E-state index contributed by atoms with van der Waals surface area (Å²) in [4.78, 5) is 11.3. The highest BCUT2D eigenvalue weighted by atomic mass is 16.5. The molecule has 0 radical (unpaired) electrons. The van der Waals surface area contributed by atoms with Crippen LogP contribution in [0.4, 0.5) is 0 Å². The van der Waals surface area contributed by atoms with Crippen molar-refractivity contribution in [3.05, 3.63) is 29.3 Å². The first-order valence-electron chi connectivity index (χ1n) is 5.66. The van der Waals surface area contributed by atoms with E-state index in [1.165, 1.54) is 0 Å². The molecule has 0 heterocycles. The van der Waals surface area contributed by atoms with E-state index in [9.17, 15) is 9.90 Å². The van der Waals surface area contributed by atoms with Crippen LogP contribution in [0.15, 0.2) is 18.2 Å². The number of aliphatic hydroxyl groups is 1. The van der Waals surface area contributed by atoms with Crippen LogP contribution < -0.4 is 10.1 Å². The zero-order valence-corrected chi connectivity index (χ0v) is 10.6. The number of ether oxygens (including phenoxy) is 1. The first kappa shape index (κ1) is 14.1. The second-order valence-corrected chi connectivity index (χ2v) is 3.99. The fourth-order valence-corrected chi connectivity index (χ4v) is 1.47. The molecule has 0 saturated carbocycles. The van der Waals surface area contributed by atoms with Gasteiger partial charge in [0.1, 0.15) is 5.75 Å². The topological polar surface area (TPSA) is 58.6 Å². The molecule has 0 aliphatic carbocycles. The lowest BCUT2D eigenvalue weighted by molar-refractivity contribution is -0.122. The van der Waals surface area contributed by atoms with Gasteiger partial charge in [0.05, 0.1) is 12.6 Å². The molecule has 1 aromatic rings. The Morgan fingerprint density at radius 2 is 2.33 bits per heavy atom. The second-order valence-electron chi connectivity index (χ2n) is 3.99. The fraction of sp³-hybridized carbons (Fsp3) is 0.357. The van der Waals surface area contributed by atoms with Gasteiger partial charge in [-0.3, -0.25) is 4.79 Å². The van der Waals surface area contributed by atoms with E-state index in [1.807, 2.05) is 19.1 Å². The molecule has 1 aromatic carbocycles. The largest absolute Gasteiger partial charge is 0.483 e. The van der Waals surface area contributed by atoms with E-state index >= 15 is 0 Å². The third-order valence-electron chi connectivity index (χ3n) is 2.36. The third kappa shape index (κ3) is 4.11. The number of rotatable bonds is 5. The first-order chi connectivity index (χ1) is 8.54. The van der Waals surface area contributed by atoms with Crippen molar-refractivity contribution in [1.82, 2.24) is 5.32 Å². The van der Waals surface area contributed by atoms with E-state index in [-0.39, 0.29) is 19.1 Å². The lowest BCUT2D eigenvalue weighted by Gasteiger charge is -2.13. The van der Waals surface area contributed by atoms with Crippen LogP contribution in [0, 0.1) is 19.3 Å². The molecule has 0 unspecified atom stereocenters. The first-order valence-corrected chi connectivity index (χ1v) is 5.66. The summed E-state index contributed by atoms with van der Waals surface area (Å²) >= 11 is 0. The maximum Gasteiger partial charge on any atom is 0.258 e. The van der Waals surface area contributed by atoms with Gasteiger partial charge >= 0.3 is 0 Å². The molecule has 18 heavy (non-hydrogen) atoms. The lowest BCUT2D eigenvalue weighted by atomic mass is 10.1. The zero-order chi connectivity index (χ0) is 13.5.